The summed E-state index contributed by atoms with van der Waals surface area (Å²) >= 11 is 3.48. The summed E-state index contributed by atoms with van der Waals surface area (Å²) in [5, 5.41) is 0. The van der Waals surface area contributed by atoms with E-state index in [4.69, 9.17) is 5.73 Å². The van der Waals surface area contributed by atoms with Crippen LogP contribution in [0.25, 0.3) is 0 Å². The summed E-state index contributed by atoms with van der Waals surface area (Å²) in [6.07, 6.45) is 2.28. The van der Waals surface area contributed by atoms with Gasteiger partial charge in [-0.05, 0) is 30.5 Å². The van der Waals surface area contributed by atoms with E-state index in [-0.39, 0.29) is 12.4 Å². The Morgan fingerprint density at radius 3 is 2.53 bits per heavy atom. The van der Waals surface area contributed by atoms with E-state index >= 15 is 0 Å². The first kappa shape index (κ1) is 15.0. The van der Waals surface area contributed by atoms with Gasteiger partial charge in [0.2, 0.25) is 0 Å². The van der Waals surface area contributed by atoms with Crippen LogP contribution in [0.5, 0.6) is 0 Å². The average molecular weight is 320 g/mol. The summed E-state index contributed by atoms with van der Waals surface area (Å²) < 4.78 is 1.14. The lowest BCUT2D eigenvalue weighted by Crippen LogP contribution is -2.29. The van der Waals surface area contributed by atoms with Gasteiger partial charge < -0.3 is 5.73 Å². The number of nitrogens with zero attached hydrogens (tertiary/aromatic N) is 1. The standard InChI is InChI=1S/C13H19BrN2.ClH/c1-2-13(16-8-7-12(15)9-16)10-3-5-11(14)6-4-10;/h3-6,12-13H,2,7-9,15H2,1H3;1H. The third-order valence-electron chi connectivity index (χ3n) is 3.34. The molecule has 2 nitrogen and oxygen atoms in total. The molecule has 0 aromatic heterocycles. The molecular formula is C13H20BrClN2. The van der Waals surface area contributed by atoms with Crippen molar-refractivity contribution in [3.8, 4) is 0 Å². The molecule has 2 unspecified atom stereocenters. The maximum Gasteiger partial charge on any atom is 0.0346 e. The van der Waals surface area contributed by atoms with Gasteiger partial charge in [0.15, 0.2) is 0 Å². The molecule has 0 spiro atoms. The Labute approximate surface area is 118 Å². The average Bonchev–Trinajstić information content (AvgIpc) is 2.69. The van der Waals surface area contributed by atoms with Crippen LogP contribution in [0.3, 0.4) is 0 Å². The minimum absolute atomic E-state index is 0. The minimum Gasteiger partial charge on any atom is -0.326 e. The highest BCUT2D eigenvalue weighted by atomic mass is 79.9. The second-order valence-electron chi connectivity index (χ2n) is 4.52. The topological polar surface area (TPSA) is 29.3 Å². The normalized spacial score (nSPS) is 22.2. The zero-order chi connectivity index (χ0) is 11.5. The van der Waals surface area contributed by atoms with E-state index in [9.17, 15) is 0 Å². The van der Waals surface area contributed by atoms with Crippen LogP contribution in [-0.2, 0) is 0 Å². The van der Waals surface area contributed by atoms with E-state index < -0.39 is 0 Å². The minimum atomic E-state index is 0. The van der Waals surface area contributed by atoms with Crippen molar-refractivity contribution in [3.63, 3.8) is 0 Å². The summed E-state index contributed by atoms with van der Waals surface area (Å²) in [5.74, 6) is 0. The fourth-order valence-electron chi connectivity index (χ4n) is 2.49. The molecule has 17 heavy (non-hydrogen) atoms. The zero-order valence-electron chi connectivity index (χ0n) is 10.1. The SMILES string of the molecule is CCC(c1ccc(Br)cc1)N1CCC(N)C1.Cl. The molecule has 1 aliphatic rings. The molecular weight excluding hydrogens is 300 g/mol. The van der Waals surface area contributed by atoms with Crippen LogP contribution in [0, 0.1) is 0 Å². The van der Waals surface area contributed by atoms with Gasteiger partial charge in [-0.15, -0.1) is 12.4 Å². The smallest absolute Gasteiger partial charge is 0.0346 e. The molecule has 0 saturated carbocycles. The molecule has 1 aromatic carbocycles. The van der Waals surface area contributed by atoms with Crippen molar-refractivity contribution in [2.24, 2.45) is 5.73 Å². The predicted octanol–water partition coefficient (Wildman–Crippen LogP) is 3.36. The molecule has 1 aliphatic heterocycles. The Kier molecular flexibility index (Phi) is 5.93. The lowest BCUT2D eigenvalue weighted by Gasteiger charge is -2.27. The van der Waals surface area contributed by atoms with E-state index in [0.29, 0.717) is 12.1 Å². The quantitative estimate of drug-likeness (QED) is 0.925. The molecule has 96 valence electrons. The van der Waals surface area contributed by atoms with Crippen LogP contribution in [0.4, 0.5) is 0 Å². The van der Waals surface area contributed by atoms with Gasteiger partial charge in [0.05, 0.1) is 0 Å². The first-order valence-corrected chi connectivity index (χ1v) is 6.75. The zero-order valence-corrected chi connectivity index (χ0v) is 12.5. The maximum absolute atomic E-state index is 5.97. The number of nitrogens with two attached hydrogens (primary N) is 1. The fourth-order valence-corrected chi connectivity index (χ4v) is 2.75. The van der Waals surface area contributed by atoms with Gasteiger partial charge >= 0.3 is 0 Å². The Bertz CT molecular complexity index is 342. The van der Waals surface area contributed by atoms with Gasteiger partial charge in [0, 0.05) is 29.6 Å². The summed E-state index contributed by atoms with van der Waals surface area (Å²) in [6.45, 7) is 4.42. The molecule has 1 heterocycles. The molecule has 1 aromatic rings. The fraction of sp³-hybridized carbons (Fsp3) is 0.538. The molecule has 2 atom stereocenters. The third-order valence-corrected chi connectivity index (χ3v) is 3.87. The highest BCUT2D eigenvalue weighted by molar-refractivity contribution is 9.10. The Hall–Kier alpha value is -0.0900. The first-order valence-electron chi connectivity index (χ1n) is 5.95. The van der Waals surface area contributed by atoms with Gasteiger partial charge in [-0.1, -0.05) is 35.0 Å². The van der Waals surface area contributed by atoms with E-state index in [1.165, 1.54) is 5.56 Å². The predicted molar refractivity (Wildman–Crippen MR) is 78.6 cm³/mol. The number of hydrogen-bond donors (Lipinski definition) is 1. The monoisotopic (exact) mass is 318 g/mol. The molecule has 0 amide bonds. The lowest BCUT2D eigenvalue weighted by molar-refractivity contribution is 0.236. The van der Waals surface area contributed by atoms with Crippen molar-refractivity contribution in [1.29, 1.82) is 0 Å². The Morgan fingerprint density at radius 1 is 1.41 bits per heavy atom. The molecule has 2 rings (SSSR count). The van der Waals surface area contributed by atoms with E-state index in [1.807, 2.05) is 0 Å². The van der Waals surface area contributed by atoms with Crippen LogP contribution in [0.15, 0.2) is 28.7 Å². The maximum atomic E-state index is 5.97. The van der Waals surface area contributed by atoms with Crippen molar-refractivity contribution in [2.45, 2.75) is 31.8 Å². The molecule has 0 aliphatic carbocycles. The van der Waals surface area contributed by atoms with Gasteiger partial charge in [-0.3, -0.25) is 4.90 Å². The number of halogens is 2. The first-order chi connectivity index (χ1) is 7.70. The highest BCUT2D eigenvalue weighted by Gasteiger charge is 2.25. The summed E-state index contributed by atoms with van der Waals surface area (Å²) in [4.78, 5) is 2.51. The van der Waals surface area contributed by atoms with Crippen molar-refractivity contribution < 1.29 is 0 Å². The van der Waals surface area contributed by atoms with Gasteiger partial charge in [0.1, 0.15) is 0 Å². The number of benzene rings is 1. The summed E-state index contributed by atoms with van der Waals surface area (Å²) in [7, 11) is 0. The van der Waals surface area contributed by atoms with Crippen molar-refractivity contribution in [1.82, 2.24) is 4.90 Å². The van der Waals surface area contributed by atoms with Crippen LogP contribution in [-0.4, -0.2) is 24.0 Å². The number of hydrogen-bond acceptors (Lipinski definition) is 2. The third kappa shape index (κ3) is 3.68. The molecule has 1 fully saturated rings. The van der Waals surface area contributed by atoms with Crippen LogP contribution in [0.1, 0.15) is 31.4 Å². The molecule has 0 bridgehead atoms. The van der Waals surface area contributed by atoms with Gasteiger partial charge in [-0.2, -0.15) is 0 Å². The van der Waals surface area contributed by atoms with Crippen molar-refractivity contribution in [3.05, 3.63) is 34.3 Å². The number of rotatable bonds is 3. The molecule has 4 heteroatoms. The summed E-state index contributed by atoms with van der Waals surface area (Å²) in [5.41, 5.74) is 7.37. The van der Waals surface area contributed by atoms with E-state index in [2.05, 4.69) is 52.0 Å². The van der Waals surface area contributed by atoms with E-state index in [1.54, 1.807) is 0 Å². The Balaban J connectivity index is 0.00000144. The van der Waals surface area contributed by atoms with Gasteiger partial charge in [0.25, 0.3) is 0 Å². The molecule has 2 N–H and O–H groups in total. The van der Waals surface area contributed by atoms with Crippen molar-refractivity contribution in [2.75, 3.05) is 13.1 Å². The molecule has 0 radical (unpaired) electrons. The van der Waals surface area contributed by atoms with Crippen molar-refractivity contribution >= 4 is 28.3 Å². The highest BCUT2D eigenvalue weighted by Crippen LogP contribution is 2.28. The van der Waals surface area contributed by atoms with Crippen LogP contribution >= 0.6 is 28.3 Å². The van der Waals surface area contributed by atoms with Crippen LogP contribution < -0.4 is 5.73 Å². The number of likely N-dealkylation sites (tertiary alicyclic amines) is 1. The summed E-state index contributed by atoms with van der Waals surface area (Å²) in [6, 6.07) is 9.55. The largest absolute Gasteiger partial charge is 0.326 e. The lowest BCUT2D eigenvalue weighted by atomic mass is 10.0. The second-order valence-corrected chi connectivity index (χ2v) is 5.43. The molecule has 1 saturated heterocycles. The second kappa shape index (κ2) is 6.74. The Morgan fingerprint density at radius 2 is 2.06 bits per heavy atom. The van der Waals surface area contributed by atoms with E-state index in [0.717, 1.165) is 30.4 Å². The van der Waals surface area contributed by atoms with Gasteiger partial charge in [-0.25, -0.2) is 0 Å². The van der Waals surface area contributed by atoms with Crippen LogP contribution in [0.2, 0.25) is 0 Å².